The van der Waals surface area contributed by atoms with Gasteiger partial charge in [-0.25, -0.2) is 9.37 Å². The molecule has 0 unspecified atom stereocenters. The number of benzene rings is 1. The van der Waals surface area contributed by atoms with Crippen molar-refractivity contribution in [2.24, 2.45) is 0 Å². The predicted octanol–water partition coefficient (Wildman–Crippen LogP) is 4.10. The minimum Gasteiger partial charge on any atom is -0.382 e. The van der Waals surface area contributed by atoms with Crippen LogP contribution in [0.25, 0.3) is 11.7 Å². The lowest BCUT2D eigenvalue weighted by Crippen LogP contribution is -2.47. The number of ether oxygens (including phenoxy) is 1. The molecule has 0 bridgehead atoms. The van der Waals surface area contributed by atoms with Gasteiger partial charge in [0.25, 0.3) is 11.5 Å². The summed E-state index contributed by atoms with van der Waals surface area (Å²) in [4.78, 5) is 37.9. The predicted molar refractivity (Wildman–Crippen MR) is 158 cm³/mol. The average Bonchev–Trinajstić information content (AvgIpc) is 3.20. The molecule has 3 aromatic rings. The zero-order chi connectivity index (χ0) is 27.5. The topological polar surface area (TPSA) is 70.4 Å². The number of pyridine rings is 1. The van der Waals surface area contributed by atoms with Crippen LogP contribution in [-0.4, -0.2) is 70.4 Å². The zero-order valence-corrected chi connectivity index (χ0v) is 23.6. The van der Waals surface area contributed by atoms with Gasteiger partial charge in [-0.15, -0.1) is 0 Å². The highest BCUT2D eigenvalue weighted by Crippen LogP contribution is 2.34. The maximum atomic E-state index is 14.4. The molecule has 2 aliphatic heterocycles. The number of hydrogen-bond acceptors (Lipinski definition) is 8. The number of rotatable bonds is 8. The van der Waals surface area contributed by atoms with Gasteiger partial charge in [0.2, 0.25) is 0 Å². The van der Waals surface area contributed by atoms with Crippen molar-refractivity contribution in [1.82, 2.24) is 14.3 Å². The molecule has 2 fully saturated rings. The van der Waals surface area contributed by atoms with E-state index in [1.807, 2.05) is 41.8 Å². The van der Waals surface area contributed by atoms with Gasteiger partial charge in [0, 0.05) is 52.1 Å². The van der Waals surface area contributed by atoms with Crippen molar-refractivity contribution in [3.63, 3.8) is 0 Å². The lowest BCUT2D eigenvalue weighted by molar-refractivity contribution is -0.122. The van der Waals surface area contributed by atoms with Crippen molar-refractivity contribution < 1.29 is 13.9 Å². The summed E-state index contributed by atoms with van der Waals surface area (Å²) in [5, 5.41) is 0. The molecule has 2 aliphatic rings. The molecule has 0 N–H and O–H groups in total. The van der Waals surface area contributed by atoms with Crippen LogP contribution in [0.4, 0.5) is 15.9 Å². The van der Waals surface area contributed by atoms with E-state index in [0.717, 1.165) is 5.56 Å². The number of thiocarbonyl (C=S) groups is 1. The van der Waals surface area contributed by atoms with Gasteiger partial charge in [-0.3, -0.25) is 18.9 Å². The molecule has 4 heterocycles. The fourth-order valence-corrected chi connectivity index (χ4v) is 6.06. The number of halogens is 1. The van der Waals surface area contributed by atoms with E-state index in [9.17, 15) is 14.0 Å². The number of carbonyl (C=O) groups excluding carboxylic acids is 1. The summed E-state index contributed by atoms with van der Waals surface area (Å²) < 4.78 is 21.8. The fourth-order valence-electron chi connectivity index (χ4n) is 4.77. The van der Waals surface area contributed by atoms with E-state index in [1.54, 1.807) is 29.3 Å². The molecular formula is C28H30FN5O3S2. The van der Waals surface area contributed by atoms with Gasteiger partial charge in [0.05, 0.1) is 16.2 Å². The summed E-state index contributed by atoms with van der Waals surface area (Å²) in [6.45, 7) is 7.69. The maximum Gasteiger partial charge on any atom is 0.267 e. The van der Waals surface area contributed by atoms with Gasteiger partial charge in [-0.1, -0.05) is 42.2 Å². The summed E-state index contributed by atoms with van der Waals surface area (Å²) in [7, 11) is 0. The van der Waals surface area contributed by atoms with E-state index < -0.39 is 0 Å². The third-order valence-corrected chi connectivity index (χ3v) is 8.16. The molecule has 1 aromatic carbocycles. The first kappa shape index (κ1) is 27.3. The third-order valence-electron chi connectivity index (χ3n) is 6.78. The molecule has 2 saturated heterocycles. The molecule has 204 valence electrons. The number of piperazine rings is 1. The highest BCUT2D eigenvalue weighted by atomic mass is 32.2. The number of amides is 1. The Bertz CT molecular complexity index is 1500. The summed E-state index contributed by atoms with van der Waals surface area (Å²) in [5.74, 6) is 0.0385. The lowest BCUT2D eigenvalue weighted by atomic mass is 10.2. The largest absolute Gasteiger partial charge is 0.382 e. The Balaban J connectivity index is 1.47. The number of aromatic nitrogens is 2. The van der Waals surface area contributed by atoms with Crippen LogP contribution in [0.3, 0.4) is 0 Å². The van der Waals surface area contributed by atoms with Crippen LogP contribution >= 0.6 is 24.0 Å². The van der Waals surface area contributed by atoms with Crippen molar-refractivity contribution in [2.75, 3.05) is 55.7 Å². The van der Waals surface area contributed by atoms with Crippen LogP contribution in [0.15, 0.2) is 52.3 Å². The van der Waals surface area contributed by atoms with Crippen LogP contribution in [0.1, 0.15) is 24.5 Å². The molecule has 39 heavy (non-hydrogen) atoms. The summed E-state index contributed by atoms with van der Waals surface area (Å²) in [6, 6.07) is 10.5. The number of para-hydroxylation sites is 1. The Morgan fingerprint density at radius 2 is 1.85 bits per heavy atom. The minimum absolute atomic E-state index is 0.217. The van der Waals surface area contributed by atoms with Crippen molar-refractivity contribution in [3.05, 3.63) is 74.8 Å². The Labute approximate surface area is 236 Å². The monoisotopic (exact) mass is 567 g/mol. The number of thioether (sulfide) groups is 1. The van der Waals surface area contributed by atoms with E-state index >= 15 is 0 Å². The van der Waals surface area contributed by atoms with E-state index in [-0.39, 0.29) is 17.3 Å². The van der Waals surface area contributed by atoms with Crippen LogP contribution in [-0.2, 0) is 9.53 Å². The second kappa shape index (κ2) is 11.8. The van der Waals surface area contributed by atoms with E-state index in [4.69, 9.17) is 21.9 Å². The first-order chi connectivity index (χ1) is 18.9. The van der Waals surface area contributed by atoms with Crippen molar-refractivity contribution >= 4 is 57.4 Å². The Kier molecular flexibility index (Phi) is 8.29. The fraction of sp³-hybridized carbons (Fsp3) is 0.357. The number of anilines is 2. The molecule has 0 radical (unpaired) electrons. The number of aryl methyl sites for hydroxylation is 1. The van der Waals surface area contributed by atoms with Crippen LogP contribution in [0, 0.1) is 12.7 Å². The molecular weight excluding hydrogens is 537 g/mol. The molecule has 11 heteroatoms. The van der Waals surface area contributed by atoms with Gasteiger partial charge in [-0.05, 0) is 50.1 Å². The van der Waals surface area contributed by atoms with Crippen LogP contribution in [0.2, 0.25) is 0 Å². The van der Waals surface area contributed by atoms with Crippen LogP contribution in [0.5, 0.6) is 0 Å². The SMILES string of the molecule is CCOCCCN1C(=O)C(=Cc2c(N3CCN(c4ccccc4F)CC3)nc3ccc(C)cn3c2=O)SC1=S. The second-order valence-corrected chi connectivity index (χ2v) is 11.1. The van der Waals surface area contributed by atoms with E-state index in [1.165, 1.54) is 22.2 Å². The molecule has 5 rings (SSSR count). The smallest absolute Gasteiger partial charge is 0.267 e. The molecule has 0 saturated carbocycles. The highest BCUT2D eigenvalue weighted by molar-refractivity contribution is 8.26. The Morgan fingerprint density at radius 3 is 2.59 bits per heavy atom. The van der Waals surface area contributed by atoms with E-state index in [2.05, 4.69) is 0 Å². The van der Waals surface area contributed by atoms with Gasteiger partial charge >= 0.3 is 0 Å². The molecule has 8 nitrogen and oxygen atoms in total. The zero-order valence-electron chi connectivity index (χ0n) is 21.9. The van der Waals surface area contributed by atoms with E-state index in [0.29, 0.717) is 84.3 Å². The molecule has 0 spiro atoms. The highest BCUT2D eigenvalue weighted by Gasteiger charge is 2.33. The van der Waals surface area contributed by atoms with Crippen LogP contribution < -0.4 is 15.4 Å². The van der Waals surface area contributed by atoms with Crippen molar-refractivity contribution in [3.8, 4) is 0 Å². The normalized spacial score (nSPS) is 17.2. The van der Waals surface area contributed by atoms with Gasteiger partial charge in [0.1, 0.15) is 21.6 Å². The number of hydrogen-bond donors (Lipinski definition) is 0. The van der Waals surface area contributed by atoms with Gasteiger partial charge < -0.3 is 14.5 Å². The minimum atomic E-state index is -0.257. The number of fused-ring (bicyclic) bond motifs is 1. The molecule has 2 aromatic heterocycles. The summed E-state index contributed by atoms with van der Waals surface area (Å²) in [5.41, 5.74) is 2.10. The second-order valence-electron chi connectivity index (χ2n) is 9.40. The molecule has 0 atom stereocenters. The maximum absolute atomic E-state index is 14.4. The third kappa shape index (κ3) is 5.70. The lowest BCUT2D eigenvalue weighted by Gasteiger charge is -2.37. The summed E-state index contributed by atoms with van der Waals surface area (Å²) >= 11 is 6.68. The van der Waals surface area contributed by atoms with Crippen molar-refractivity contribution in [1.29, 1.82) is 0 Å². The standard InChI is InChI=1S/C28H30FN5O3S2/c1-3-37-16-6-11-33-27(36)23(39-28(33)38)17-20-25(30-24-10-9-19(2)18-34(24)26(20)35)32-14-12-31(13-15-32)22-8-5-4-7-21(22)29/h4-5,7-10,17-18H,3,6,11-16H2,1-2H3. The Morgan fingerprint density at radius 1 is 1.10 bits per heavy atom. The Hall–Kier alpha value is -3.28. The number of carbonyl (C=O) groups is 1. The van der Waals surface area contributed by atoms with Gasteiger partial charge in [0.15, 0.2) is 0 Å². The molecule has 0 aliphatic carbocycles. The first-order valence-corrected chi connectivity index (χ1v) is 14.2. The molecule has 1 amide bonds. The number of nitrogens with zero attached hydrogens (tertiary/aromatic N) is 5. The summed E-state index contributed by atoms with van der Waals surface area (Å²) in [6.07, 6.45) is 4.05. The van der Waals surface area contributed by atoms with Crippen molar-refractivity contribution in [2.45, 2.75) is 20.3 Å². The quantitative estimate of drug-likeness (QED) is 0.229. The average molecular weight is 568 g/mol. The van der Waals surface area contributed by atoms with Gasteiger partial charge in [-0.2, -0.15) is 0 Å². The first-order valence-electron chi connectivity index (χ1n) is 13.0.